The minimum Gasteiger partial charge on any atom is -0.409 e. The molecule has 0 aromatic heterocycles. The van der Waals surface area contributed by atoms with Crippen molar-refractivity contribution in [2.75, 3.05) is 18.4 Å². The molecule has 0 atom stereocenters. The molecular weight excluding hydrogens is 468 g/mol. The summed E-state index contributed by atoms with van der Waals surface area (Å²) in [5, 5.41) is 5.39. The van der Waals surface area contributed by atoms with Gasteiger partial charge in [-0.2, -0.15) is 26.3 Å². The lowest BCUT2D eigenvalue weighted by molar-refractivity contribution is -0.138. The molecule has 1 fully saturated rings. The van der Waals surface area contributed by atoms with Gasteiger partial charge in [-0.3, -0.25) is 15.6 Å². The number of alkyl halides is 6. The van der Waals surface area contributed by atoms with E-state index in [-0.39, 0.29) is 22.7 Å². The number of carbonyl (C=O) groups is 1. The third-order valence-corrected chi connectivity index (χ3v) is 5.53. The third kappa shape index (κ3) is 4.97. The minimum absolute atomic E-state index is 0.0400. The molecule has 6 nitrogen and oxygen atoms in total. The Kier molecular flexibility index (Phi) is 6.21. The first-order valence-corrected chi connectivity index (χ1v) is 10.2. The molecule has 3 N–H and O–H groups in total. The highest BCUT2D eigenvalue weighted by atomic mass is 19.4. The Labute approximate surface area is 189 Å². The number of halogens is 6. The van der Waals surface area contributed by atoms with Gasteiger partial charge in [0, 0.05) is 11.3 Å². The van der Waals surface area contributed by atoms with Crippen molar-refractivity contribution in [1.29, 1.82) is 0 Å². The number of piperidine rings is 1. The Morgan fingerprint density at radius 3 is 2.21 bits per heavy atom. The monoisotopic (exact) mass is 487 g/mol. The number of benzene rings is 2. The first kappa shape index (κ1) is 23.9. The van der Waals surface area contributed by atoms with Crippen molar-refractivity contribution in [2.24, 2.45) is 0 Å². The fourth-order valence-electron chi connectivity index (χ4n) is 3.80. The van der Waals surface area contributed by atoms with Crippen LogP contribution in [-0.2, 0) is 21.9 Å². The number of rotatable bonds is 3. The van der Waals surface area contributed by atoms with Crippen LogP contribution in [0.2, 0.25) is 0 Å². The van der Waals surface area contributed by atoms with Crippen LogP contribution >= 0.6 is 0 Å². The first-order valence-electron chi connectivity index (χ1n) is 10.2. The number of ether oxygens (including phenoxy) is 1. The molecule has 2 aromatic carbocycles. The summed E-state index contributed by atoms with van der Waals surface area (Å²) in [5.41, 5.74) is 0.0917. The highest BCUT2D eigenvalue weighted by Crippen LogP contribution is 2.41. The van der Waals surface area contributed by atoms with E-state index in [1.54, 1.807) is 0 Å². The highest BCUT2D eigenvalue weighted by molar-refractivity contribution is 5.87. The summed E-state index contributed by atoms with van der Waals surface area (Å²) in [4.78, 5) is 18.4. The van der Waals surface area contributed by atoms with Crippen LogP contribution in [0, 0.1) is 0 Å². The molecular formula is C22H19F6N3O3. The Morgan fingerprint density at radius 2 is 1.59 bits per heavy atom. The Balaban J connectivity index is 1.63. The lowest BCUT2D eigenvalue weighted by Crippen LogP contribution is -2.45. The molecule has 0 radical (unpaired) electrons. The maximum Gasteiger partial charge on any atom is 0.416 e. The zero-order valence-corrected chi connectivity index (χ0v) is 17.4. The molecule has 182 valence electrons. The SMILES string of the molecule is O=C(Nc1cccc(C(F)(F)F)c1)OC1=C(c2ccc(C(F)(F)F)cc2)NOC12CCNCC2. The summed E-state index contributed by atoms with van der Waals surface area (Å²) in [5.74, 6) is 0.0400. The molecule has 2 aliphatic rings. The van der Waals surface area contributed by atoms with Crippen molar-refractivity contribution in [3.05, 3.63) is 71.0 Å². The van der Waals surface area contributed by atoms with E-state index < -0.39 is 35.2 Å². The number of nitrogens with one attached hydrogen (secondary N) is 3. The molecule has 1 spiro atoms. The number of carbonyl (C=O) groups excluding carboxylic acids is 1. The van der Waals surface area contributed by atoms with E-state index in [4.69, 9.17) is 9.57 Å². The molecule has 12 heteroatoms. The normalized spacial score (nSPS) is 18.1. The second-order valence-electron chi connectivity index (χ2n) is 7.82. The van der Waals surface area contributed by atoms with E-state index in [0.29, 0.717) is 25.9 Å². The number of hydrogen-bond donors (Lipinski definition) is 3. The van der Waals surface area contributed by atoms with Crippen LogP contribution in [0.1, 0.15) is 29.5 Å². The Bertz CT molecular complexity index is 1090. The van der Waals surface area contributed by atoms with Gasteiger partial charge in [0.15, 0.2) is 11.4 Å². The maximum atomic E-state index is 13.0. The molecule has 0 unspecified atom stereocenters. The summed E-state index contributed by atoms with van der Waals surface area (Å²) in [7, 11) is 0. The van der Waals surface area contributed by atoms with E-state index in [1.807, 2.05) is 0 Å². The van der Waals surface area contributed by atoms with Gasteiger partial charge in [-0.25, -0.2) is 4.79 Å². The van der Waals surface area contributed by atoms with Gasteiger partial charge in [-0.1, -0.05) is 18.2 Å². The van der Waals surface area contributed by atoms with Crippen LogP contribution < -0.4 is 16.1 Å². The lowest BCUT2D eigenvalue weighted by Gasteiger charge is -2.32. The largest absolute Gasteiger partial charge is 0.416 e. The summed E-state index contributed by atoms with van der Waals surface area (Å²) in [6.07, 6.45) is -9.41. The predicted molar refractivity (Wildman–Crippen MR) is 109 cm³/mol. The van der Waals surface area contributed by atoms with Gasteiger partial charge in [0.2, 0.25) is 0 Å². The second kappa shape index (κ2) is 8.84. The molecule has 2 aromatic rings. The van der Waals surface area contributed by atoms with Gasteiger partial charge < -0.3 is 10.1 Å². The average Bonchev–Trinajstić information content (AvgIpc) is 3.10. The Hall–Kier alpha value is -3.25. The quantitative estimate of drug-likeness (QED) is 0.513. The van der Waals surface area contributed by atoms with Gasteiger partial charge in [0.05, 0.1) is 11.1 Å². The van der Waals surface area contributed by atoms with Crippen LogP contribution in [-0.4, -0.2) is 24.8 Å². The minimum atomic E-state index is -4.60. The van der Waals surface area contributed by atoms with Crippen LogP contribution in [0.3, 0.4) is 0 Å². The summed E-state index contributed by atoms with van der Waals surface area (Å²) < 4.78 is 83.2. The third-order valence-electron chi connectivity index (χ3n) is 5.53. The van der Waals surface area contributed by atoms with E-state index >= 15 is 0 Å². The number of hydroxylamine groups is 1. The first-order chi connectivity index (χ1) is 16.0. The van der Waals surface area contributed by atoms with Gasteiger partial charge in [0.1, 0.15) is 5.70 Å². The lowest BCUT2D eigenvalue weighted by atomic mass is 9.89. The van der Waals surface area contributed by atoms with Crippen LogP contribution in [0.5, 0.6) is 0 Å². The van der Waals surface area contributed by atoms with Gasteiger partial charge >= 0.3 is 18.4 Å². The highest BCUT2D eigenvalue weighted by Gasteiger charge is 2.47. The van der Waals surface area contributed by atoms with Gasteiger partial charge in [0.25, 0.3) is 0 Å². The average molecular weight is 487 g/mol. The molecule has 4 rings (SSSR count). The van der Waals surface area contributed by atoms with Crippen molar-refractivity contribution in [2.45, 2.75) is 30.8 Å². The molecule has 0 aliphatic carbocycles. The van der Waals surface area contributed by atoms with Gasteiger partial charge in [-0.05, 0) is 56.3 Å². The number of anilines is 1. The van der Waals surface area contributed by atoms with E-state index in [0.717, 1.165) is 30.3 Å². The molecule has 2 heterocycles. The van der Waals surface area contributed by atoms with E-state index in [1.165, 1.54) is 18.2 Å². The zero-order chi connectivity index (χ0) is 24.6. The molecule has 34 heavy (non-hydrogen) atoms. The summed E-state index contributed by atoms with van der Waals surface area (Å²) >= 11 is 0. The second-order valence-corrected chi connectivity index (χ2v) is 7.82. The summed E-state index contributed by atoms with van der Waals surface area (Å²) in [6.45, 7) is 1.04. The van der Waals surface area contributed by atoms with Crippen molar-refractivity contribution in [3.8, 4) is 0 Å². The van der Waals surface area contributed by atoms with Crippen LogP contribution in [0.15, 0.2) is 54.3 Å². The standard InChI is InChI=1S/C22H19F6N3O3/c23-21(24,25)14-6-4-13(5-7-14)17-18(20(34-31-17)8-10-29-11-9-20)33-19(32)30-16-3-1-2-15(12-16)22(26,27)28/h1-7,12,29,31H,8-11H2,(H,30,32). The smallest absolute Gasteiger partial charge is 0.409 e. The van der Waals surface area contributed by atoms with Crippen molar-refractivity contribution in [1.82, 2.24) is 10.8 Å². The van der Waals surface area contributed by atoms with E-state index in [9.17, 15) is 31.1 Å². The van der Waals surface area contributed by atoms with Gasteiger partial charge in [-0.15, -0.1) is 0 Å². The van der Waals surface area contributed by atoms with Crippen molar-refractivity contribution < 1.29 is 40.7 Å². The molecule has 0 bridgehead atoms. The molecule has 2 aliphatic heterocycles. The zero-order valence-electron chi connectivity index (χ0n) is 17.4. The molecule has 0 saturated carbocycles. The van der Waals surface area contributed by atoms with Crippen molar-refractivity contribution in [3.63, 3.8) is 0 Å². The van der Waals surface area contributed by atoms with E-state index in [2.05, 4.69) is 16.1 Å². The van der Waals surface area contributed by atoms with Crippen LogP contribution in [0.25, 0.3) is 5.70 Å². The van der Waals surface area contributed by atoms with Crippen LogP contribution in [0.4, 0.5) is 36.8 Å². The number of hydrogen-bond acceptors (Lipinski definition) is 5. The fourth-order valence-corrected chi connectivity index (χ4v) is 3.80. The topological polar surface area (TPSA) is 71.6 Å². The fraction of sp³-hybridized carbons (Fsp3) is 0.318. The molecule has 1 amide bonds. The maximum absolute atomic E-state index is 13.0. The summed E-state index contributed by atoms with van der Waals surface area (Å²) in [6, 6.07) is 8.22. The number of amides is 1. The van der Waals surface area contributed by atoms with Crippen molar-refractivity contribution >= 4 is 17.5 Å². The molecule has 1 saturated heterocycles. The predicted octanol–water partition coefficient (Wildman–Crippen LogP) is 5.30. The Morgan fingerprint density at radius 1 is 0.941 bits per heavy atom.